The number of benzene rings is 1. The van der Waals surface area contributed by atoms with Crippen LogP contribution in [0.1, 0.15) is 0 Å². The fourth-order valence-electron chi connectivity index (χ4n) is 0.502. The zero-order valence-corrected chi connectivity index (χ0v) is 8.34. The predicted octanol–water partition coefficient (Wildman–Crippen LogP) is 3.74. The molecule has 54 valence electrons. The average Bonchev–Trinajstić information content (AvgIpc) is 1.93. The molecule has 0 radical (unpaired) electrons. The summed E-state index contributed by atoms with van der Waals surface area (Å²) in [5.74, 6) is -0.449. The monoisotopic (exact) mass is 290 g/mol. The lowest BCUT2D eigenvalue weighted by Crippen LogP contribution is -1.82. The zero-order valence-electron chi connectivity index (χ0n) is 4.67. The Morgan fingerprint density at radius 2 is 1.90 bits per heavy atom. The molecule has 0 aliphatic carbocycles. The lowest BCUT2D eigenvalue weighted by molar-refractivity contribution is 0.621. The van der Waals surface area contributed by atoms with Crippen LogP contribution in [0.3, 0.4) is 0 Å². The summed E-state index contributed by atoms with van der Waals surface area (Å²) in [6.07, 6.45) is 0. The van der Waals surface area contributed by atoms with Crippen LogP contribution in [-0.4, -0.2) is 0 Å². The third-order valence-electron chi connectivity index (χ3n) is 0.988. The molecule has 0 N–H and O–H groups in total. The molecule has 0 fully saturated rings. The average molecular weight is 291 g/mol. The van der Waals surface area contributed by atoms with Gasteiger partial charge in [-0.25, -0.2) is 4.39 Å². The summed E-state index contributed by atoms with van der Waals surface area (Å²) in [5.41, 5.74) is 0. The second kappa shape index (κ2) is 3.24. The van der Waals surface area contributed by atoms with Crippen LogP contribution < -0.4 is 0 Å². The van der Waals surface area contributed by atoms with Gasteiger partial charge in [-0.15, -0.1) is 0 Å². The van der Waals surface area contributed by atoms with Gasteiger partial charge in [-0.3, -0.25) is 0 Å². The summed E-state index contributed by atoms with van der Waals surface area (Å²) in [6.45, 7) is 0. The van der Waals surface area contributed by atoms with Crippen LogP contribution in [-0.2, 0) is 0 Å². The highest BCUT2D eigenvalue weighted by Crippen LogP contribution is 2.27. The van der Waals surface area contributed by atoms with Gasteiger partial charge in [0, 0.05) is 0 Å². The summed E-state index contributed by atoms with van der Waals surface area (Å²) in [7, 11) is 0. The molecule has 1 aromatic rings. The Morgan fingerprint density at radius 3 is 2.40 bits per heavy atom. The maximum Gasteiger partial charge on any atom is 0.156 e. The molecule has 1 aromatic carbocycles. The second-order valence-electron chi connectivity index (χ2n) is 1.66. The summed E-state index contributed by atoms with van der Waals surface area (Å²) in [5, 5.41) is 0.244. The largest absolute Gasteiger partial charge is 0.204 e. The third-order valence-corrected chi connectivity index (χ3v) is 2.60. The Hall–Kier alpha value is 0.460. The van der Waals surface area contributed by atoms with Crippen LogP contribution in [0, 0.1) is 9.39 Å². The Kier molecular flexibility index (Phi) is 2.77. The van der Waals surface area contributed by atoms with Crippen LogP contribution >= 0.6 is 45.8 Å². The summed E-state index contributed by atoms with van der Waals surface area (Å²) in [4.78, 5) is 0. The highest BCUT2D eigenvalue weighted by atomic mass is 127. The predicted molar refractivity (Wildman–Crippen MR) is 49.1 cm³/mol. The van der Waals surface area contributed by atoms with Crippen LogP contribution in [0.15, 0.2) is 12.1 Å². The fraction of sp³-hybridized carbons (Fsp3) is 0. The second-order valence-corrected chi connectivity index (χ2v) is 3.60. The molecule has 0 aromatic heterocycles. The van der Waals surface area contributed by atoms with Gasteiger partial charge in [-0.2, -0.15) is 0 Å². The highest BCUT2D eigenvalue weighted by molar-refractivity contribution is 14.1. The zero-order chi connectivity index (χ0) is 7.72. The molecule has 0 nitrogen and oxygen atoms in total. The minimum absolute atomic E-state index is 0.00596. The first-order chi connectivity index (χ1) is 4.63. The number of halogens is 4. The van der Waals surface area contributed by atoms with Crippen LogP contribution in [0.25, 0.3) is 0 Å². The van der Waals surface area contributed by atoms with E-state index < -0.39 is 5.82 Å². The van der Waals surface area contributed by atoms with Gasteiger partial charge in [0.1, 0.15) is 0 Å². The summed E-state index contributed by atoms with van der Waals surface area (Å²) >= 11 is 12.8. The Bertz CT molecular complexity index is 235. The van der Waals surface area contributed by atoms with Crippen molar-refractivity contribution in [3.05, 3.63) is 31.6 Å². The molecule has 1 rings (SSSR count). The lowest BCUT2D eigenvalue weighted by atomic mass is 10.3. The maximum atomic E-state index is 12.8. The van der Waals surface area contributed by atoms with Crippen molar-refractivity contribution in [2.75, 3.05) is 0 Å². The Labute approximate surface area is 81.5 Å². The SMILES string of the molecule is Fc1c(I)ccc(Cl)c1Cl. The summed E-state index contributed by atoms with van der Waals surface area (Å²) in [6, 6.07) is 3.14. The first-order valence-electron chi connectivity index (χ1n) is 2.42. The van der Waals surface area contributed by atoms with E-state index in [1.807, 2.05) is 22.6 Å². The van der Waals surface area contributed by atoms with Crippen molar-refractivity contribution in [3.63, 3.8) is 0 Å². The maximum absolute atomic E-state index is 12.8. The van der Waals surface area contributed by atoms with E-state index in [0.29, 0.717) is 3.57 Å². The van der Waals surface area contributed by atoms with Gasteiger partial charge in [-0.05, 0) is 34.7 Å². The quantitative estimate of drug-likeness (QED) is 0.388. The number of hydrogen-bond donors (Lipinski definition) is 0. The Morgan fingerprint density at radius 1 is 1.30 bits per heavy atom. The topological polar surface area (TPSA) is 0 Å². The van der Waals surface area contributed by atoms with E-state index in [1.165, 1.54) is 0 Å². The number of rotatable bonds is 0. The smallest absolute Gasteiger partial charge is 0.156 e. The first-order valence-corrected chi connectivity index (χ1v) is 4.25. The minimum Gasteiger partial charge on any atom is -0.204 e. The molecule has 0 saturated heterocycles. The van der Waals surface area contributed by atoms with Crippen molar-refractivity contribution < 1.29 is 4.39 Å². The molecule has 0 aliphatic rings. The van der Waals surface area contributed by atoms with E-state index >= 15 is 0 Å². The molecule has 0 heterocycles. The van der Waals surface area contributed by atoms with E-state index in [2.05, 4.69) is 0 Å². The van der Waals surface area contributed by atoms with Gasteiger partial charge in [0.2, 0.25) is 0 Å². The fourth-order valence-corrected chi connectivity index (χ4v) is 1.42. The van der Waals surface area contributed by atoms with Crippen molar-refractivity contribution in [3.8, 4) is 0 Å². The van der Waals surface area contributed by atoms with E-state index in [9.17, 15) is 4.39 Å². The minimum atomic E-state index is -0.449. The normalized spacial score (nSPS) is 10.0. The molecular formula is C6H2Cl2FI. The van der Waals surface area contributed by atoms with E-state index in [-0.39, 0.29) is 10.0 Å². The van der Waals surface area contributed by atoms with Crippen molar-refractivity contribution in [2.24, 2.45) is 0 Å². The van der Waals surface area contributed by atoms with Crippen molar-refractivity contribution in [2.45, 2.75) is 0 Å². The van der Waals surface area contributed by atoms with E-state index in [4.69, 9.17) is 23.2 Å². The number of hydrogen-bond acceptors (Lipinski definition) is 0. The third kappa shape index (κ3) is 1.54. The lowest BCUT2D eigenvalue weighted by Gasteiger charge is -1.97. The molecule has 0 bridgehead atoms. The van der Waals surface area contributed by atoms with E-state index in [1.54, 1.807) is 12.1 Å². The molecule has 0 unspecified atom stereocenters. The van der Waals surface area contributed by atoms with Crippen LogP contribution in [0.4, 0.5) is 4.39 Å². The van der Waals surface area contributed by atoms with Crippen molar-refractivity contribution >= 4 is 45.8 Å². The summed E-state index contributed by atoms with van der Waals surface area (Å²) < 4.78 is 13.2. The Balaban J connectivity index is 3.34. The molecule has 0 aliphatic heterocycles. The van der Waals surface area contributed by atoms with Gasteiger partial charge in [-0.1, -0.05) is 23.2 Å². The molecule has 0 saturated carbocycles. The standard InChI is InChI=1S/C6H2Cl2FI/c7-3-1-2-4(10)6(9)5(3)8/h1-2H. The van der Waals surface area contributed by atoms with Gasteiger partial charge in [0.15, 0.2) is 5.82 Å². The van der Waals surface area contributed by atoms with Gasteiger partial charge in [0.05, 0.1) is 13.6 Å². The van der Waals surface area contributed by atoms with Gasteiger partial charge in [0.25, 0.3) is 0 Å². The molecular weight excluding hydrogens is 289 g/mol. The van der Waals surface area contributed by atoms with Gasteiger partial charge >= 0.3 is 0 Å². The molecule has 0 amide bonds. The van der Waals surface area contributed by atoms with E-state index in [0.717, 1.165) is 0 Å². The molecule has 10 heavy (non-hydrogen) atoms. The molecule has 0 spiro atoms. The molecule has 4 heteroatoms. The first kappa shape index (κ1) is 8.56. The van der Waals surface area contributed by atoms with Crippen molar-refractivity contribution in [1.29, 1.82) is 0 Å². The van der Waals surface area contributed by atoms with Crippen LogP contribution in [0.2, 0.25) is 10.0 Å². The highest BCUT2D eigenvalue weighted by Gasteiger charge is 2.06. The van der Waals surface area contributed by atoms with Crippen molar-refractivity contribution in [1.82, 2.24) is 0 Å². The van der Waals surface area contributed by atoms with Gasteiger partial charge < -0.3 is 0 Å². The van der Waals surface area contributed by atoms with Crippen LogP contribution in [0.5, 0.6) is 0 Å². The molecule has 0 atom stereocenters.